The van der Waals surface area contributed by atoms with Crippen LogP contribution in [0.3, 0.4) is 0 Å². The number of anilines is 1. The van der Waals surface area contributed by atoms with Crippen LogP contribution >= 0.6 is 0 Å². The molecule has 0 aliphatic carbocycles. The average Bonchev–Trinajstić information content (AvgIpc) is 3.14. The van der Waals surface area contributed by atoms with E-state index in [2.05, 4.69) is 15.2 Å². The van der Waals surface area contributed by atoms with E-state index in [1.807, 2.05) is 12.1 Å². The maximum Gasteiger partial charge on any atom is 0.251 e. The molecule has 2 aliphatic rings. The number of amides is 1. The maximum absolute atomic E-state index is 12.9. The Balaban J connectivity index is 1.37. The molecule has 2 aromatic rings. The van der Waals surface area contributed by atoms with Gasteiger partial charge in [0.25, 0.3) is 5.91 Å². The van der Waals surface area contributed by atoms with Crippen molar-refractivity contribution >= 4 is 21.7 Å². The summed E-state index contributed by atoms with van der Waals surface area (Å²) < 4.78 is 32.7. The van der Waals surface area contributed by atoms with E-state index in [-0.39, 0.29) is 10.8 Å². The number of pyridine rings is 1. The minimum Gasteiger partial charge on any atom is -0.378 e. The highest BCUT2D eigenvalue weighted by Crippen LogP contribution is 2.21. The number of hydrogen-bond acceptors (Lipinski definition) is 6. The Morgan fingerprint density at radius 1 is 0.969 bits per heavy atom. The Labute approximate surface area is 189 Å². The van der Waals surface area contributed by atoms with Crippen LogP contribution in [0.25, 0.3) is 0 Å². The van der Waals surface area contributed by atoms with Crippen molar-refractivity contribution in [3.63, 3.8) is 0 Å². The molecular weight excluding hydrogens is 428 g/mol. The van der Waals surface area contributed by atoms with Gasteiger partial charge in [0.1, 0.15) is 5.82 Å². The number of carbonyl (C=O) groups is 1. The van der Waals surface area contributed by atoms with Gasteiger partial charge in [-0.05, 0) is 54.8 Å². The molecule has 1 aromatic heterocycles. The van der Waals surface area contributed by atoms with Gasteiger partial charge in [0, 0.05) is 44.5 Å². The van der Waals surface area contributed by atoms with Gasteiger partial charge in [-0.2, -0.15) is 4.31 Å². The molecule has 0 unspecified atom stereocenters. The van der Waals surface area contributed by atoms with Crippen molar-refractivity contribution in [2.75, 3.05) is 44.3 Å². The van der Waals surface area contributed by atoms with E-state index in [0.29, 0.717) is 38.4 Å². The predicted molar refractivity (Wildman–Crippen MR) is 122 cm³/mol. The number of hydrogen-bond donors (Lipinski definition) is 1. The largest absolute Gasteiger partial charge is 0.378 e. The van der Waals surface area contributed by atoms with Gasteiger partial charge in [-0.15, -0.1) is 0 Å². The quantitative estimate of drug-likeness (QED) is 0.715. The number of carbonyl (C=O) groups excluding carboxylic acids is 1. The van der Waals surface area contributed by atoms with Gasteiger partial charge in [-0.1, -0.05) is 12.8 Å². The molecule has 9 heteroatoms. The minimum absolute atomic E-state index is 0.236. The summed E-state index contributed by atoms with van der Waals surface area (Å²) in [6.07, 6.45) is 5.66. The second-order valence-electron chi connectivity index (χ2n) is 8.15. The smallest absolute Gasteiger partial charge is 0.251 e. The van der Waals surface area contributed by atoms with E-state index in [1.165, 1.54) is 12.1 Å². The van der Waals surface area contributed by atoms with Crippen LogP contribution < -0.4 is 10.2 Å². The SMILES string of the molecule is O=C(NCc1ccnc(N2CCOCC2)c1)c1ccc(S(=O)(=O)N2CCCCCC2)cc1. The molecule has 172 valence electrons. The van der Waals surface area contributed by atoms with Crippen LogP contribution in [0.5, 0.6) is 0 Å². The predicted octanol–water partition coefficient (Wildman–Crippen LogP) is 2.41. The molecule has 3 heterocycles. The van der Waals surface area contributed by atoms with Crippen LogP contribution in [0.1, 0.15) is 41.6 Å². The van der Waals surface area contributed by atoms with Gasteiger partial charge < -0.3 is 15.0 Å². The van der Waals surface area contributed by atoms with E-state index in [9.17, 15) is 13.2 Å². The van der Waals surface area contributed by atoms with Crippen LogP contribution in [0.4, 0.5) is 5.82 Å². The van der Waals surface area contributed by atoms with Crippen molar-refractivity contribution in [1.29, 1.82) is 0 Å². The van der Waals surface area contributed by atoms with Crippen LogP contribution in [-0.2, 0) is 21.3 Å². The van der Waals surface area contributed by atoms with Crippen molar-refractivity contribution in [3.8, 4) is 0 Å². The first kappa shape index (κ1) is 22.7. The Morgan fingerprint density at radius 2 is 1.66 bits per heavy atom. The van der Waals surface area contributed by atoms with Crippen LogP contribution in [0.2, 0.25) is 0 Å². The summed E-state index contributed by atoms with van der Waals surface area (Å²) in [5, 5.41) is 2.91. The topological polar surface area (TPSA) is 91.8 Å². The zero-order valence-corrected chi connectivity index (χ0v) is 19.0. The van der Waals surface area contributed by atoms with Gasteiger partial charge >= 0.3 is 0 Å². The lowest BCUT2D eigenvalue weighted by molar-refractivity contribution is 0.0951. The van der Waals surface area contributed by atoms with Gasteiger partial charge in [-0.25, -0.2) is 13.4 Å². The van der Waals surface area contributed by atoms with Crippen molar-refractivity contribution in [2.45, 2.75) is 37.1 Å². The number of benzene rings is 1. The Kier molecular flexibility index (Phi) is 7.39. The summed E-state index contributed by atoms with van der Waals surface area (Å²) >= 11 is 0. The molecule has 2 aliphatic heterocycles. The molecule has 4 rings (SSSR count). The fraction of sp³-hybridized carbons (Fsp3) is 0.478. The lowest BCUT2D eigenvalue weighted by atomic mass is 10.2. The van der Waals surface area contributed by atoms with E-state index >= 15 is 0 Å². The average molecular weight is 459 g/mol. The second-order valence-corrected chi connectivity index (χ2v) is 10.1. The van der Waals surface area contributed by atoms with E-state index in [0.717, 1.165) is 50.2 Å². The zero-order chi connectivity index (χ0) is 22.4. The third-order valence-corrected chi connectivity index (χ3v) is 7.83. The highest BCUT2D eigenvalue weighted by molar-refractivity contribution is 7.89. The summed E-state index contributed by atoms with van der Waals surface area (Å²) in [4.78, 5) is 19.4. The van der Waals surface area contributed by atoms with Crippen LogP contribution in [0.15, 0.2) is 47.5 Å². The normalized spacial score (nSPS) is 18.2. The standard InChI is InChI=1S/C23H30N4O4S/c28-23(25-18-19-9-10-24-22(17-19)26-13-15-31-16-14-26)20-5-7-21(8-6-20)32(29,30)27-11-3-1-2-4-12-27/h5-10,17H,1-4,11-16,18H2,(H,25,28). The van der Waals surface area contributed by atoms with Crippen LogP contribution in [0, 0.1) is 0 Å². The molecule has 0 radical (unpaired) electrons. The van der Waals surface area contributed by atoms with Gasteiger partial charge in [0.15, 0.2) is 0 Å². The number of sulfonamides is 1. The summed E-state index contributed by atoms with van der Waals surface area (Å²) in [5.41, 5.74) is 1.39. The molecule has 1 aromatic carbocycles. The Hall–Kier alpha value is -2.49. The fourth-order valence-electron chi connectivity index (χ4n) is 4.03. The highest BCUT2D eigenvalue weighted by atomic mass is 32.2. The first-order chi connectivity index (χ1) is 15.5. The third kappa shape index (κ3) is 5.46. The van der Waals surface area contributed by atoms with Crippen molar-refractivity contribution in [2.24, 2.45) is 0 Å². The summed E-state index contributed by atoms with van der Waals surface area (Å²) in [6, 6.07) is 10.1. The van der Waals surface area contributed by atoms with E-state index in [4.69, 9.17) is 4.74 Å². The molecule has 2 fully saturated rings. The Bertz CT molecular complexity index is 1010. The first-order valence-corrected chi connectivity index (χ1v) is 12.6. The lowest BCUT2D eigenvalue weighted by Gasteiger charge is -2.28. The van der Waals surface area contributed by atoms with Gasteiger partial charge in [0.2, 0.25) is 10.0 Å². The van der Waals surface area contributed by atoms with Crippen molar-refractivity contribution in [3.05, 3.63) is 53.7 Å². The van der Waals surface area contributed by atoms with Crippen LogP contribution in [-0.4, -0.2) is 63.0 Å². The molecule has 0 atom stereocenters. The molecule has 0 saturated carbocycles. The second kappa shape index (κ2) is 10.4. The van der Waals surface area contributed by atoms with E-state index < -0.39 is 10.0 Å². The maximum atomic E-state index is 12.9. The number of nitrogens with one attached hydrogen (secondary N) is 1. The molecule has 0 spiro atoms. The number of nitrogens with zero attached hydrogens (tertiary/aromatic N) is 3. The molecule has 1 amide bonds. The van der Waals surface area contributed by atoms with Crippen molar-refractivity contribution in [1.82, 2.24) is 14.6 Å². The number of rotatable bonds is 6. The van der Waals surface area contributed by atoms with E-state index in [1.54, 1.807) is 22.6 Å². The summed E-state index contributed by atoms with van der Waals surface area (Å²) in [7, 11) is -3.52. The number of ether oxygens (including phenoxy) is 1. The Morgan fingerprint density at radius 3 is 2.34 bits per heavy atom. The monoisotopic (exact) mass is 458 g/mol. The highest BCUT2D eigenvalue weighted by Gasteiger charge is 2.25. The molecule has 8 nitrogen and oxygen atoms in total. The minimum atomic E-state index is -3.52. The molecule has 32 heavy (non-hydrogen) atoms. The summed E-state index contributed by atoms with van der Waals surface area (Å²) in [5.74, 6) is 0.636. The van der Waals surface area contributed by atoms with Gasteiger partial charge in [-0.3, -0.25) is 4.79 Å². The molecule has 0 bridgehead atoms. The van der Waals surface area contributed by atoms with Crippen molar-refractivity contribution < 1.29 is 17.9 Å². The lowest BCUT2D eigenvalue weighted by Crippen LogP contribution is -2.36. The third-order valence-electron chi connectivity index (χ3n) is 5.92. The zero-order valence-electron chi connectivity index (χ0n) is 18.2. The number of aromatic nitrogens is 1. The molecule has 2 saturated heterocycles. The van der Waals surface area contributed by atoms with Gasteiger partial charge in [0.05, 0.1) is 18.1 Å². The fourth-order valence-corrected chi connectivity index (χ4v) is 5.55. The molecular formula is C23H30N4O4S. The molecule has 1 N–H and O–H groups in total. The number of morpholine rings is 1. The summed E-state index contributed by atoms with van der Waals surface area (Å²) in [6.45, 7) is 4.46. The first-order valence-electron chi connectivity index (χ1n) is 11.2.